The Labute approximate surface area is 101 Å². The van der Waals surface area contributed by atoms with Gasteiger partial charge >= 0.3 is 0 Å². The Hall–Kier alpha value is -1.74. The van der Waals surface area contributed by atoms with E-state index in [0.29, 0.717) is 0 Å². The van der Waals surface area contributed by atoms with Crippen LogP contribution in [0, 0.1) is 0 Å². The van der Waals surface area contributed by atoms with Gasteiger partial charge in [-0.3, -0.25) is 0 Å². The largest absolute Gasteiger partial charge is 0.497 e. The number of benzene rings is 1. The summed E-state index contributed by atoms with van der Waals surface area (Å²) >= 11 is 0. The number of furan rings is 1. The monoisotopic (exact) mass is 231 g/mol. The third-order valence-electron chi connectivity index (χ3n) is 2.83. The topological polar surface area (TPSA) is 34.4 Å². The average Bonchev–Trinajstić information content (AvgIpc) is 2.89. The molecule has 2 aromatic rings. The lowest BCUT2D eigenvalue weighted by Gasteiger charge is -2.16. The molecular formula is C14H17NO2. The normalized spacial score (nSPS) is 12.4. The second-order valence-electron chi connectivity index (χ2n) is 3.90. The lowest BCUT2D eigenvalue weighted by Crippen LogP contribution is -2.18. The van der Waals surface area contributed by atoms with E-state index in [-0.39, 0.29) is 6.04 Å². The van der Waals surface area contributed by atoms with Crippen molar-refractivity contribution < 1.29 is 9.15 Å². The maximum atomic E-state index is 5.37. The number of hydrogen-bond acceptors (Lipinski definition) is 3. The van der Waals surface area contributed by atoms with E-state index < -0.39 is 0 Å². The zero-order chi connectivity index (χ0) is 12.1. The lowest BCUT2D eigenvalue weighted by molar-refractivity contribution is 0.412. The number of nitrogens with one attached hydrogen (secondary N) is 1. The van der Waals surface area contributed by atoms with Crippen LogP contribution in [0.15, 0.2) is 47.1 Å². The minimum Gasteiger partial charge on any atom is -0.497 e. The molecule has 1 aromatic carbocycles. The summed E-state index contributed by atoms with van der Waals surface area (Å²) in [6.45, 7) is 0. The summed E-state index contributed by atoms with van der Waals surface area (Å²) in [7, 11) is 3.63. The fourth-order valence-electron chi connectivity index (χ4n) is 1.87. The zero-order valence-electron chi connectivity index (χ0n) is 10.1. The highest BCUT2D eigenvalue weighted by atomic mass is 16.5. The lowest BCUT2D eigenvalue weighted by atomic mass is 10.0. The van der Waals surface area contributed by atoms with Gasteiger partial charge in [-0.25, -0.2) is 0 Å². The molecule has 0 aliphatic heterocycles. The Bertz CT molecular complexity index is 451. The van der Waals surface area contributed by atoms with E-state index in [2.05, 4.69) is 11.4 Å². The van der Waals surface area contributed by atoms with Crippen LogP contribution in [0.25, 0.3) is 0 Å². The first-order chi connectivity index (χ1) is 8.33. The van der Waals surface area contributed by atoms with Crippen LogP contribution in [-0.2, 0) is 6.42 Å². The fourth-order valence-corrected chi connectivity index (χ4v) is 1.87. The number of hydrogen-bond donors (Lipinski definition) is 1. The summed E-state index contributed by atoms with van der Waals surface area (Å²) < 4.78 is 10.6. The van der Waals surface area contributed by atoms with Crippen molar-refractivity contribution in [2.24, 2.45) is 0 Å². The standard InChI is InChI=1S/C14H17NO2/c1-15-14(10-13-7-4-8-17-13)11-5-3-6-12(9-11)16-2/h3-9,14-15H,10H2,1-2H3. The van der Waals surface area contributed by atoms with Crippen molar-refractivity contribution in [1.82, 2.24) is 5.32 Å². The first-order valence-corrected chi connectivity index (χ1v) is 5.67. The van der Waals surface area contributed by atoms with E-state index >= 15 is 0 Å². The summed E-state index contributed by atoms with van der Waals surface area (Å²) in [6, 6.07) is 12.2. The molecule has 3 nitrogen and oxygen atoms in total. The predicted octanol–water partition coefficient (Wildman–Crippen LogP) is 2.79. The highest BCUT2D eigenvalue weighted by Gasteiger charge is 2.12. The van der Waals surface area contributed by atoms with E-state index in [4.69, 9.17) is 9.15 Å². The molecule has 1 N–H and O–H groups in total. The average molecular weight is 231 g/mol. The van der Waals surface area contributed by atoms with Crippen molar-refractivity contribution in [2.75, 3.05) is 14.2 Å². The van der Waals surface area contributed by atoms with Gasteiger partial charge in [-0.2, -0.15) is 0 Å². The van der Waals surface area contributed by atoms with Crippen molar-refractivity contribution in [3.8, 4) is 5.75 Å². The summed E-state index contributed by atoms with van der Waals surface area (Å²) in [5, 5.41) is 3.29. The molecule has 0 amide bonds. The van der Waals surface area contributed by atoms with Gasteiger partial charge in [0.2, 0.25) is 0 Å². The van der Waals surface area contributed by atoms with Gasteiger partial charge in [-0.05, 0) is 36.9 Å². The number of likely N-dealkylation sites (N-methyl/N-ethyl adjacent to an activating group) is 1. The Morgan fingerprint density at radius 2 is 2.18 bits per heavy atom. The van der Waals surface area contributed by atoms with Gasteiger partial charge in [0.15, 0.2) is 0 Å². The number of methoxy groups -OCH3 is 1. The highest BCUT2D eigenvalue weighted by Crippen LogP contribution is 2.22. The SMILES string of the molecule is CNC(Cc1ccco1)c1cccc(OC)c1. The fraction of sp³-hybridized carbons (Fsp3) is 0.286. The van der Waals surface area contributed by atoms with Gasteiger partial charge in [-0.15, -0.1) is 0 Å². The van der Waals surface area contributed by atoms with Gasteiger partial charge in [0.1, 0.15) is 11.5 Å². The van der Waals surface area contributed by atoms with Crippen LogP contribution in [0.1, 0.15) is 17.4 Å². The van der Waals surface area contributed by atoms with Crippen LogP contribution in [0.2, 0.25) is 0 Å². The van der Waals surface area contributed by atoms with Gasteiger partial charge < -0.3 is 14.5 Å². The molecule has 0 aliphatic rings. The Kier molecular flexibility index (Phi) is 3.83. The predicted molar refractivity (Wildman–Crippen MR) is 67.2 cm³/mol. The maximum absolute atomic E-state index is 5.37. The van der Waals surface area contributed by atoms with E-state index in [1.165, 1.54) is 5.56 Å². The minimum atomic E-state index is 0.233. The summed E-state index contributed by atoms with van der Waals surface area (Å²) in [4.78, 5) is 0. The van der Waals surface area contributed by atoms with Crippen molar-refractivity contribution in [2.45, 2.75) is 12.5 Å². The number of ether oxygens (including phenoxy) is 1. The van der Waals surface area contributed by atoms with Gasteiger partial charge in [0.05, 0.1) is 13.4 Å². The van der Waals surface area contributed by atoms with Gasteiger partial charge in [0, 0.05) is 12.5 Å². The van der Waals surface area contributed by atoms with Crippen LogP contribution < -0.4 is 10.1 Å². The quantitative estimate of drug-likeness (QED) is 0.859. The van der Waals surface area contributed by atoms with Gasteiger partial charge in [0.25, 0.3) is 0 Å². The van der Waals surface area contributed by atoms with Crippen molar-refractivity contribution in [1.29, 1.82) is 0 Å². The van der Waals surface area contributed by atoms with Crippen LogP contribution in [0.3, 0.4) is 0 Å². The summed E-state index contributed by atoms with van der Waals surface area (Å²) in [5.74, 6) is 1.86. The first kappa shape index (κ1) is 11.7. The Morgan fingerprint density at radius 1 is 1.29 bits per heavy atom. The van der Waals surface area contributed by atoms with E-state index in [0.717, 1.165) is 17.9 Å². The highest BCUT2D eigenvalue weighted by molar-refractivity contribution is 5.31. The molecule has 17 heavy (non-hydrogen) atoms. The van der Waals surface area contributed by atoms with Crippen molar-refractivity contribution in [3.63, 3.8) is 0 Å². The van der Waals surface area contributed by atoms with Crippen LogP contribution in [-0.4, -0.2) is 14.2 Å². The molecular weight excluding hydrogens is 214 g/mol. The molecule has 0 spiro atoms. The molecule has 1 aromatic heterocycles. The Morgan fingerprint density at radius 3 is 2.82 bits per heavy atom. The molecule has 3 heteroatoms. The molecule has 1 unspecified atom stereocenters. The summed E-state index contributed by atoms with van der Waals surface area (Å²) in [6.07, 6.45) is 2.53. The molecule has 1 heterocycles. The minimum absolute atomic E-state index is 0.233. The zero-order valence-corrected chi connectivity index (χ0v) is 10.1. The van der Waals surface area contributed by atoms with E-state index in [1.54, 1.807) is 13.4 Å². The smallest absolute Gasteiger partial charge is 0.119 e. The van der Waals surface area contributed by atoms with E-state index in [1.807, 2.05) is 37.4 Å². The molecule has 0 aliphatic carbocycles. The van der Waals surface area contributed by atoms with Crippen molar-refractivity contribution >= 4 is 0 Å². The van der Waals surface area contributed by atoms with E-state index in [9.17, 15) is 0 Å². The Balaban J connectivity index is 2.16. The third kappa shape index (κ3) is 2.88. The molecule has 90 valence electrons. The van der Waals surface area contributed by atoms with Gasteiger partial charge in [-0.1, -0.05) is 12.1 Å². The van der Waals surface area contributed by atoms with Crippen LogP contribution >= 0.6 is 0 Å². The first-order valence-electron chi connectivity index (χ1n) is 5.67. The molecule has 2 rings (SSSR count). The molecule has 0 bridgehead atoms. The third-order valence-corrected chi connectivity index (χ3v) is 2.83. The maximum Gasteiger partial charge on any atom is 0.119 e. The van der Waals surface area contributed by atoms with Crippen molar-refractivity contribution in [3.05, 3.63) is 54.0 Å². The summed E-state index contributed by atoms with van der Waals surface area (Å²) in [5.41, 5.74) is 1.20. The second-order valence-corrected chi connectivity index (χ2v) is 3.90. The second kappa shape index (κ2) is 5.55. The molecule has 0 saturated carbocycles. The molecule has 1 atom stereocenters. The van der Waals surface area contributed by atoms with Crippen LogP contribution in [0.5, 0.6) is 5.75 Å². The van der Waals surface area contributed by atoms with Crippen LogP contribution in [0.4, 0.5) is 0 Å². The number of rotatable bonds is 5. The molecule has 0 fully saturated rings. The molecule has 0 saturated heterocycles. The molecule has 0 radical (unpaired) electrons.